The molecule has 52 heavy (non-hydrogen) atoms. The van der Waals surface area contributed by atoms with E-state index < -0.39 is 0 Å². The smallest absolute Gasteiger partial charge is 0.155 e. The van der Waals surface area contributed by atoms with Crippen molar-refractivity contribution in [3.63, 3.8) is 0 Å². The van der Waals surface area contributed by atoms with Crippen molar-refractivity contribution in [2.24, 2.45) is 15.9 Å². The van der Waals surface area contributed by atoms with Gasteiger partial charge in [-0.3, -0.25) is 4.99 Å². The summed E-state index contributed by atoms with van der Waals surface area (Å²) >= 11 is 1.89. The van der Waals surface area contributed by atoms with Crippen molar-refractivity contribution < 1.29 is 0 Å². The topological polar surface area (TPSA) is 24.7 Å². The van der Waals surface area contributed by atoms with Gasteiger partial charge in [0, 0.05) is 21.3 Å². The summed E-state index contributed by atoms with van der Waals surface area (Å²) in [4.78, 5) is 13.5. The van der Waals surface area contributed by atoms with Crippen LogP contribution in [0.2, 0.25) is 0 Å². The van der Waals surface area contributed by atoms with Crippen LogP contribution in [0.1, 0.15) is 58.3 Å². The fraction of sp³-hybridized carbons (Fsp3) is 0.102. The molecule has 7 aromatic carbocycles. The van der Waals surface area contributed by atoms with Crippen molar-refractivity contribution in [1.82, 2.24) is 0 Å². The summed E-state index contributed by atoms with van der Waals surface area (Å²) in [6, 6.07) is 64.2. The van der Waals surface area contributed by atoms with Crippen molar-refractivity contribution in [3.8, 4) is 22.3 Å². The van der Waals surface area contributed by atoms with Gasteiger partial charge in [0.15, 0.2) is 5.84 Å². The molecule has 3 aliphatic rings. The van der Waals surface area contributed by atoms with Crippen molar-refractivity contribution in [2.75, 3.05) is 0 Å². The van der Waals surface area contributed by atoms with Gasteiger partial charge in [-0.25, -0.2) is 4.99 Å². The van der Waals surface area contributed by atoms with E-state index in [-0.39, 0.29) is 17.4 Å². The lowest BCUT2D eigenvalue weighted by molar-refractivity contribution is 0.532. The highest BCUT2D eigenvalue weighted by Gasteiger charge is 2.50. The Balaban J connectivity index is 1.15. The Morgan fingerprint density at radius 2 is 1.04 bits per heavy atom. The predicted molar refractivity (Wildman–Crippen MR) is 216 cm³/mol. The quantitative estimate of drug-likeness (QED) is 0.177. The molecule has 0 radical (unpaired) electrons. The average Bonchev–Trinajstić information content (AvgIpc) is 3.51. The van der Waals surface area contributed by atoms with Crippen LogP contribution in [0.15, 0.2) is 196 Å². The molecule has 1 spiro atoms. The van der Waals surface area contributed by atoms with Gasteiger partial charge >= 0.3 is 0 Å². The van der Waals surface area contributed by atoms with Crippen LogP contribution in [-0.2, 0) is 5.41 Å². The van der Waals surface area contributed by atoms with Gasteiger partial charge < -0.3 is 0 Å². The van der Waals surface area contributed by atoms with Crippen LogP contribution in [0.4, 0.5) is 0 Å². The Kier molecular flexibility index (Phi) is 7.44. The molecule has 2 heterocycles. The van der Waals surface area contributed by atoms with Gasteiger partial charge in [0.25, 0.3) is 0 Å². The standard InChI is InChI=1S/C49H36N2S/c1-2-37-46(34-17-7-4-8-18-34)50-48(35-27-25-33(26-28-35)32-15-5-3-6-16-32)51-47(37)36-29-30-41-39(31-36)38-19-9-10-20-40(38)49(41)42-21-11-13-23-44(42)52-45-24-14-12-22-43(45)49/h3-31,37,47H,2H2,1H3. The Morgan fingerprint density at radius 3 is 1.71 bits per heavy atom. The normalized spacial score (nSPS) is 17.7. The summed E-state index contributed by atoms with van der Waals surface area (Å²) < 4.78 is 0. The molecule has 0 N–H and O–H groups in total. The zero-order valence-corrected chi connectivity index (χ0v) is 29.7. The van der Waals surface area contributed by atoms with Crippen LogP contribution in [0, 0.1) is 5.92 Å². The SMILES string of the molecule is CCC1C(c2ccccc2)=NC(c2ccc(-c3ccccc3)cc2)=NC1c1ccc2c(c1)-c1ccccc1C21c2ccccc2Sc2ccccc21. The fourth-order valence-electron chi connectivity index (χ4n) is 8.85. The van der Waals surface area contributed by atoms with E-state index in [0.717, 1.165) is 29.1 Å². The van der Waals surface area contributed by atoms with Gasteiger partial charge in [0.2, 0.25) is 0 Å². The Bertz CT molecular complexity index is 2490. The summed E-state index contributed by atoms with van der Waals surface area (Å²) in [5.41, 5.74) is 14.6. The summed E-state index contributed by atoms with van der Waals surface area (Å²) in [5, 5.41) is 0. The molecule has 0 bridgehead atoms. The van der Waals surface area contributed by atoms with E-state index in [0.29, 0.717) is 0 Å². The van der Waals surface area contributed by atoms with Crippen molar-refractivity contribution >= 4 is 23.3 Å². The number of nitrogens with zero attached hydrogens (tertiary/aromatic N) is 2. The van der Waals surface area contributed by atoms with Gasteiger partial charge in [0.1, 0.15) is 0 Å². The third kappa shape index (κ3) is 4.73. The van der Waals surface area contributed by atoms with Crippen molar-refractivity contribution in [2.45, 2.75) is 34.6 Å². The lowest BCUT2D eigenvalue weighted by atomic mass is 9.67. The Labute approximate surface area is 309 Å². The van der Waals surface area contributed by atoms with Gasteiger partial charge in [-0.1, -0.05) is 176 Å². The summed E-state index contributed by atoms with van der Waals surface area (Å²) in [6.07, 6.45) is 0.928. The molecule has 2 aliphatic heterocycles. The molecule has 7 aromatic rings. The van der Waals surface area contributed by atoms with Crippen molar-refractivity contribution in [3.05, 3.63) is 215 Å². The van der Waals surface area contributed by atoms with E-state index in [9.17, 15) is 0 Å². The van der Waals surface area contributed by atoms with E-state index >= 15 is 0 Å². The minimum absolute atomic E-state index is 0.0861. The molecular weight excluding hydrogens is 649 g/mol. The maximum absolute atomic E-state index is 5.54. The molecule has 248 valence electrons. The first kappa shape index (κ1) is 31.0. The maximum atomic E-state index is 5.54. The summed E-state index contributed by atoms with van der Waals surface area (Å²) in [7, 11) is 0. The van der Waals surface area contributed by atoms with Gasteiger partial charge in [-0.05, 0) is 80.3 Å². The van der Waals surface area contributed by atoms with Crippen LogP contribution in [-0.4, -0.2) is 11.5 Å². The minimum Gasteiger partial charge on any atom is -0.257 e. The minimum atomic E-state index is -0.384. The predicted octanol–water partition coefficient (Wildman–Crippen LogP) is 12.2. The third-order valence-electron chi connectivity index (χ3n) is 11.2. The molecule has 0 saturated heterocycles. The lowest BCUT2D eigenvalue weighted by Gasteiger charge is -2.39. The van der Waals surface area contributed by atoms with Crippen LogP contribution < -0.4 is 0 Å². The first-order valence-electron chi connectivity index (χ1n) is 18.2. The number of aliphatic imine (C=N–C) groups is 2. The van der Waals surface area contributed by atoms with Crippen LogP contribution in [0.3, 0.4) is 0 Å². The highest BCUT2D eigenvalue weighted by atomic mass is 32.2. The molecule has 0 saturated carbocycles. The molecule has 2 nitrogen and oxygen atoms in total. The number of rotatable bonds is 5. The molecule has 1 aliphatic carbocycles. The highest BCUT2D eigenvalue weighted by molar-refractivity contribution is 7.99. The third-order valence-corrected chi connectivity index (χ3v) is 12.3. The van der Waals surface area contributed by atoms with E-state index in [1.165, 1.54) is 59.9 Å². The Hall–Kier alpha value is -5.77. The van der Waals surface area contributed by atoms with Crippen molar-refractivity contribution in [1.29, 1.82) is 0 Å². The Morgan fingerprint density at radius 1 is 0.500 bits per heavy atom. The monoisotopic (exact) mass is 684 g/mol. The second-order valence-corrected chi connectivity index (χ2v) is 15.0. The molecule has 0 fully saturated rings. The number of hydrogen-bond acceptors (Lipinski definition) is 3. The fourth-order valence-corrected chi connectivity index (χ4v) is 10.0. The van der Waals surface area contributed by atoms with E-state index in [4.69, 9.17) is 9.98 Å². The molecule has 0 aromatic heterocycles. The van der Waals surface area contributed by atoms with E-state index in [1.807, 2.05) is 11.8 Å². The second kappa shape index (κ2) is 12.5. The van der Waals surface area contributed by atoms with Crippen LogP contribution in [0.5, 0.6) is 0 Å². The second-order valence-electron chi connectivity index (χ2n) is 13.9. The highest BCUT2D eigenvalue weighted by Crippen LogP contribution is 2.62. The van der Waals surface area contributed by atoms with Crippen LogP contribution in [0.25, 0.3) is 22.3 Å². The van der Waals surface area contributed by atoms with Gasteiger partial charge in [-0.15, -0.1) is 0 Å². The van der Waals surface area contributed by atoms with Gasteiger partial charge in [-0.2, -0.15) is 0 Å². The number of fused-ring (bicyclic) bond motifs is 9. The van der Waals surface area contributed by atoms with E-state index in [1.54, 1.807) is 0 Å². The van der Waals surface area contributed by atoms with E-state index in [2.05, 4.69) is 183 Å². The molecular formula is C49H36N2S. The number of hydrogen-bond donors (Lipinski definition) is 0. The largest absolute Gasteiger partial charge is 0.257 e. The first-order chi connectivity index (χ1) is 25.7. The first-order valence-corrected chi connectivity index (χ1v) is 19.0. The number of amidine groups is 1. The zero-order valence-electron chi connectivity index (χ0n) is 28.9. The van der Waals surface area contributed by atoms with Gasteiger partial charge in [0.05, 0.1) is 17.2 Å². The average molecular weight is 685 g/mol. The summed E-state index contributed by atoms with van der Waals surface area (Å²) in [6.45, 7) is 2.27. The zero-order chi connectivity index (χ0) is 34.6. The number of benzene rings is 7. The van der Waals surface area contributed by atoms with Crippen LogP contribution >= 0.6 is 11.8 Å². The summed E-state index contributed by atoms with van der Waals surface area (Å²) in [5.74, 6) is 0.920. The molecule has 2 unspecified atom stereocenters. The molecule has 10 rings (SSSR count). The lowest BCUT2D eigenvalue weighted by Crippen LogP contribution is -2.32. The maximum Gasteiger partial charge on any atom is 0.155 e. The molecule has 2 atom stereocenters. The molecule has 3 heteroatoms. The molecule has 0 amide bonds.